The lowest BCUT2D eigenvalue weighted by molar-refractivity contribution is -0.274. The minimum atomic E-state index is -5.87. The molecule has 0 saturated carbocycles. The van der Waals surface area contributed by atoms with Crippen LogP contribution in [0.5, 0.6) is 5.75 Å². The van der Waals surface area contributed by atoms with Gasteiger partial charge in [0, 0.05) is 23.6 Å². The van der Waals surface area contributed by atoms with Gasteiger partial charge in [-0.3, -0.25) is 4.55 Å². The second-order valence-electron chi connectivity index (χ2n) is 8.44. The van der Waals surface area contributed by atoms with E-state index in [1.807, 2.05) is 0 Å². The number of ether oxygens (including phenoxy) is 1. The van der Waals surface area contributed by atoms with Crippen molar-refractivity contribution < 1.29 is 52.5 Å². The van der Waals surface area contributed by atoms with E-state index in [4.69, 9.17) is 0 Å². The van der Waals surface area contributed by atoms with Gasteiger partial charge in [-0.1, -0.05) is 42.5 Å². The number of benzene rings is 3. The SMILES string of the molecule is CS(=O)(=O)c1ccc(-c2c(-c3ccccc3)c(OC(F)(F)F)c(-c3ccncn3)c(C(F)(F)F)c2S(=O)(=O)O)cc1. The maximum atomic E-state index is 14.8. The van der Waals surface area contributed by atoms with Crippen molar-refractivity contribution in [2.24, 2.45) is 0 Å². The van der Waals surface area contributed by atoms with Crippen LogP contribution in [0.4, 0.5) is 26.3 Å². The molecule has 1 aromatic heterocycles. The van der Waals surface area contributed by atoms with Gasteiger partial charge < -0.3 is 4.74 Å². The Morgan fingerprint density at radius 3 is 1.83 bits per heavy atom. The molecule has 0 aliphatic carbocycles. The summed E-state index contributed by atoms with van der Waals surface area (Å²) < 4.78 is 150. The first-order chi connectivity index (χ1) is 18.9. The third-order valence-electron chi connectivity index (χ3n) is 5.64. The van der Waals surface area contributed by atoms with E-state index in [-0.39, 0.29) is 10.5 Å². The Balaban J connectivity index is 2.39. The van der Waals surface area contributed by atoms with E-state index >= 15 is 0 Å². The van der Waals surface area contributed by atoms with Gasteiger partial charge in [0.2, 0.25) is 0 Å². The average molecular weight is 619 g/mol. The molecular weight excluding hydrogens is 602 g/mol. The summed E-state index contributed by atoms with van der Waals surface area (Å²) in [5.41, 5.74) is -6.96. The molecule has 216 valence electrons. The predicted octanol–water partition coefficient (Wildman–Crippen LogP) is 6.05. The number of sulfone groups is 1. The van der Waals surface area contributed by atoms with E-state index in [2.05, 4.69) is 14.7 Å². The van der Waals surface area contributed by atoms with Crippen LogP contribution in [0.15, 0.2) is 83.0 Å². The zero-order valence-corrected chi connectivity index (χ0v) is 22.0. The minimum absolute atomic E-state index is 0.233. The molecule has 41 heavy (non-hydrogen) atoms. The van der Waals surface area contributed by atoms with Crippen LogP contribution < -0.4 is 4.74 Å². The number of halogens is 6. The summed E-state index contributed by atoms with van der Waals surface area (Å²) in [6, 6.07) is 10.9. The molecule has 0 saturated heterocycles. The van der Waals surface area contributed by atoms with Crippen LogP contribution in [0.3, 0.4) is 0 Å². The highest BCUT2D eigenvalue weighted by atomic mass is 32.2. The van der Waals surface area contributed by atoms with Crippen molar-refractivity contribution in [2.45, 2.75) is 22.3 Å². The molecule has 16 heteroatoms. The first-order valence-corrected chi connectivity index (χ1v) is 14.4. The molecule has 4 rings (SSSR count). The normalized spacial score (nSPS) is 12.8. The monoisotopic (exact) mass is 618 g/mol. The minimum Gasteiger partial charge on any atom is -0.404 e. The van der Waals surface area contributed by atoms with Crippen molar-refractivity contribution in [1.29, 1.82) is 0 Å². The lowest BCUT2D eigenvalue weighted by atomic mass is 9.87. The van der Waals surface area contributed by atoms with Crippen molar-refractivity contribution in [1.82, 2.24) is 9.97 Å². The van der Waals surface area contributed by atoms with Crippen LogP contribution in [0.2, 0.25) is 0 Å². The average Bonchev–Trinajstić information content (AvgIpc) is 2.86. The van der Waals surface area contributed by atoms with E-state index < -0.39 is 76.7 Å². The molecule has 0 unspecified atom stereocenters. The van der Waals surface area contributed by atoms with Crippen molar-refractivity contribution in [3.8, 4) is 39.3 Å². The van der Waals surface area contributed by atoms with Gasteiger partial charge in [0.05, 0.1) is 21.7 Å². The van der Waals surface area contributed by atoms with E-state index in [9.17, 15) is 47.7 Å². The molecule has 0 amide bonds. The summed E-state index contributed by atoms with van der Waals surface area (Å²) >= 11 is 0. The summed E-state index contributed by atoms with van der Waals surface area (Å²) in [5, 5.41) is 0. The Bertz CT molecular complexity index is 1810. The lowest BCUT2D eigenvalue weighted by Crippen LogP contribution is -2.22. The van der Waals surface area contributed by atoms with Crippen LogP contribution in [0.1, 0.15) is 5.56 Å². The maximum Gasteiger partial charge on any atom is 0.573 e. The molecule has 4 aromatic rings. The summed E-state index contributed by atoms with van der Waals surface area (Å²) in [6.45, 7) is 0. The van der Waals surface area contributed by atoms with Gasteiger partial charge in [-0.25, -0.2) is 18.4 Å². The van der Waals surface area contributed by atoms with E-state index in [0.717, 1.165) is 49.1 Å². The van der Waals surface area contributed by atoms with Gasteiger partial charge in [0.15, 0.2) is 9.84 Å². The van der Waals surface area contributed by atoms with Gasteiger partial charge in [0.25, 0.3) is 10.1 Å². The first-order valence-electron chi connectivity index (χ1n) is 11.1. The second-order valence-corrected chi connectivity index (χ2v) is 11.8. The first kappa shape index (κ1) is 30.0. The molecule has 0 bridgehead atoms. The van der Waals surface area contributed by atoms with Crippen molar-refractivity contribution in [3.05, 3.63) is 78.8 Å². The fraction of sp³-hybridized carbons (Fsp3) is 0.120. The fourth-order valence-electron chi connectivity index (χ4n) is 4.16. The van der Waals surface area contributed by atoms with Gasteiger partial charge in [0.1, 0.15) is 17.0 Å². The molecule has 8 nitrogen and oxygen atoms in total. The standard InChI is InChI=1S/C25H16F6N2O6S2/c1-40(34,35)16-9-7-15(8-10-16)19-18(14-5-3-2-4-6-14)22(39-25(29,30)31)20(17-11-12-32-13-33-17)21(24(26,27)28)23(19)41(36,37)38/h2-13H,1H3,(H,36,37,38). The fourth-order valence-corrected chi connectivity index (χ4v) is 5.74. The van der Waals surface area contributed by atoms with Crippen LogP contribution in [-0.4, -0.2) is 44.0 Å². The molecule has 0 atom stereocenters. The number of rotatable bonds is 6. The zero-order valence-electron chi connectivity index (χ0n) is 20.4. The van der Waals surface area contributed by atoms with Crippen LogP contribution in [-0.2, 0) is 26.1 Å². The predicted molar refractivity (Wildman–Crippen MR) is 133 cm³/mol. The Hall–Kier alpha value is -4.02. The van der Waals surface area contributed by atoms with Crippen molar-refractivity contribution >= 4 is 20.0 Å². The topological polar surface area (TPSA) is 124 Å². The van der Waals surface area contributed by atoms with E-state index in [1.165, 1.54) is 30.3 Å². The third-order valence-corrected chi connectivity index (χ3v) is 7.69. The smallest absolute Gasteiger partial charge is 0.404 e. The molecule has 0 fully saturated rings. The molecule has 3 aromatic carbocycles. The summed E-state index contributed by atoms with van der Waals surface area (Å²) in [7, 11) is -9.72. The molecule has 0 spiro atoms. The van der Waals surface area contributed by atoms with Crippen LogP contribution >= 0.6 is 0 Å². The highest BCUT2D eigenvalue weighted by Crippen LogP contribution is 2.55. The number of aromatic nitrogens is 2. The molecule has 0 aliphatic heterocycles. The Morgan fingerprint density at radius 2 is 1.37 bits per heavy atom. The van der Waals surface area contributed by atoms with Crippen LogP contribution in [0.25, 0.3) is 33.5 Å². The van der Waals surface area contributed by atoms with Crippen molar-refractivity contribution in [3.63, 3.8) is 0 Å². The highest BCUT2D eigenvalue weighted by Gasteiger charge is 2.47. The number of hydrogen-bond acceptors (Lipinski definition) is 7. The molecule has 0 radical (unpaired) electrons. The van der Waals surface area contributed by atoms with Gasteiger partial charge in [-0.2, -0.15) is 21.6 Å². The lowest BCUT2D eigenvalue weighted by Gasteiger charge is -2.27. The maximum absolute atomic E-state index is 14.8. The Labute approximate surface area is 228 Å². The summed E-state index contributed by atoms with van der Waals surface area (Å²) in [6.07, 6.45) is -8.83. The number of alkyl halides is 6. The van der Waals surface area contributed by atoms with Gasteiger partial charge in [-0.15, -0.1) is 13.2 Å². The number of nitrogens with zero attached hydrogens (tertiary/aromatic N) is 2. The summed E-state index contributed by atoms with van der Waals surface area (Å²) in [4.78, 5) is 5.04. The van der Waals surface area contributed by atoms with Crippen LogP contribution in [0, 0.1) is 0 Å². The zero-order chi connectivity index (χ0) is 30.4. The van der Waals surface area contributed by atoms with E-state index in [0.29, 0.717) is 0 Å². The quantitative estimate of drug-likeness (QED) is 0.205. The Kier molecular flexibility index (Phi) is 7.62. The second kappa shape index (κ2) is 10.4. The molecular formula is C25H16F6N2O6S2. The molecule has 1 N–H and O–H groups in total. The third kappa shape index (κ3) is 6.34. The summed E-state index contributed by atoms with van der Waals surface area (Å²) in [5.74, 6) is -1.47. The van der Waals surface area contributed by atoms with Gasteiger partial charge in [-0.05, 0) is 29.3 Å². The highest BCUT2D eigenvalue weighted by molar-refractivity contribution is 7.90. The van der Waals surface area contributed by atoms with Gasteiger partial charge >= 0.3 is 12.5 Å². The largest absolute Gasteiger partial charge is 0.573 e. The molecule has 1 heterocycles. The Morgan fingerprint density at radius 1 is 0.780 bits per heavy atom. The number of hydrogen-bond donors (Lipinski definition) is 1. The van der Waals surface area contributed by atoms with Crippen molar-refractivity contribution in [2.75, 3.05) is 6.26 Å². The van der Waals surface area contributed by atoms with E-state index in [1.54, 1.807) is 0 Å². The molecule has 0 aliphatic rings.